The Bertz CT molecular complexity index is 1920. The monoisotopic (exact) mass is 524 g/mol. The number of amides is 1. The zero-order chi connectivity index (χ0) is 27.7. The van der Waals surface area contributed by atoms with Gasteiger partial charge in [-0.3, -0.25) is 9.59 Å². The van der Waals surface area contributed by atoms with Crippen LogP contribution in [0.4, 0.5) is 5.69 Å². The van der Waals surface area contributed by atoms with Gasteiger partial charge in [0.15, 0.2) is 0 Å². The zero-order valence-corrected chi connectivity index (χ0v) is 22.8. The predicted octanol–water partition coefficient (Wildman–Crippen LogP) is 8.39. The Morgan fingerprint density at radius 3 is 2.33 bits per heavy atom. The van der Waals surface area contributed by atoms with E-state index in [1.165, 1.54) is 46.9 Å². The van der Waals surface area contributed by atoms with Crippen LogP contribution in [0.25, 0.3) is 32.4 Å². The molecule has 1 aliphatic carbocycles. The first kappa shape index (κ1) is 25.6. The summed E-state index contributed by atoms with van der Waals surface area (Å²) in [6.07, 6.45) is 3.85. The molecule has 0 saturated carbocycles. The minimum Gasteiger partial charge on any atom is -0.322 e. The molecule has 0 atom stereocenters. The Balaban J connectivity index is 0.000000145. The highest BCUT2D eigenvalue weighted by atomic mass is 16.1. The summed E-state index contributed by atoms with van der Waals surface area (Å²) in [7, 11) is 0. The number of benzene rings is 5. The SMILES string of the molecule is CC1(C)CCCc2ccc3c(ccc4ccccc43)c21.O=C(Nc1ccccc1)c1ccc2ccc(=O)[nH]c2c1. The summed E-state index contributed by atoms with van der Waals surface area (Å²) < 4.78 is 0. The number of pyridine rings is 1. The number of aryl methyl sites for hydroxylation is 1. The van der Waals surface area contributed by atoms with Crippen LogP contribution in [0.15, 0.2) is 114 Å². The summed E-state index contributed by atoms with van der Waals surface area (Å²) in [5, 5.41) is 9.30. The number of anilines is 1. The van der Waals surface area contributed by atoms with Crippen LogP contribution in [0.1, 0.15) is 48.2 Å². The fourth-order valence-electron chi connectivity index (χ4n) is 6.00. The number of carbonyl (C=O) groups is 1. The van der Waals surface area contributed by atoms with E-state index in [0.717, 1.165) is 11.1 Å². The number of H-pyrrole nitrogens is 1. The number of carbonyl (C=O) groups excluding carboxylic acids is 1. The molecule has 0 aliphatic heterocycles. The van der Waals surface area contributed by atoms with Crippen molar-refractivity contribution < 1.29 is 4.79 Å². The van der Waals surface area contributed by atoms with Crippen LogP contribution < -0.4 is 10.9 Å². The van der Waals surface area contributed by atoms with Gasteiger partial charge in [0, 0.05) is 22.8 Å². The van der Waals surface area contributed by atoms with Crippen LogP contribution in [0, 0.1) is 0 Å². The second-order valence-corrected chi connectivity index (χ2v) is 11.2. The number of aromatic amines is 1. The summed E-state index contributed by atoms with van der Waals surface area (Å²) in [4.78, 5) is 26.2. The Hall–Kier alpha value is -4.70. The van der Waals surface area contributed by atoms with Gasteiger partial charge in [-0.15, -0.1) is 0 Å². The molecule has 4 nitrogen and oxygen atoms in total. The maximum absolute atomic E-state index is 12.1. The van der Waals surface area contributed by atoms with E-state index in [4.69, 9.17) is 0 Å². The number of nitrogens with one attached hydrogen (secondary N) is 2. The van der Waals surface area contributed by atoms with E-state index in [0.29, 0.717) is 16.5 Å². The van der Waals surface area contributed by atoms with Crippen molar-refractivity contribution in [3.8, 4) is 0 Å². The molecule has 1 amide bonds. The van der Waals surface area contributed by atoms with Crippen LogP contribution in [0.3, 0.4) is 0 Å². The number of rotatable bonds is 2. The molecule has 1 heterocycles. The van der Waals surface area contributed by atoms with Gasteiger partial charge in [0.2, 0.25) is 5.56 Å². The summed E-state index contributed by atoms with van der Waals surface area (Å²) >= 11 is 0. The molecule has 2 N–H and O–H groups in total. The second-order valence-electron chi connectivity index (χ2n) is 11.2. The van der Waals surface area contributed by atoms with E-state index in [2.05, 4.69) is 72.7 Å². The van der Waals surface area contributed by atoms with Crippen molar-refractivity contribution in [2.75, 3.05) is 5.32 Å². The van der Waals surface area contributed by atoms with Crippen molar-refractivity contribution in [2.24, 2.45) is 0 Å². The fraction of sp³-hybridized carbons (Fsp3) is 0.167. The zero-order valence-electron chi connectivity index (χ0n) is 22.8. The molecule has 198 valence electrons. The molecule has 0 spiro atoms. The summed E-state index contributed by atoms with van der Waals surface area (Å²) in [5.74, 6) is -0.206. The highest BCUT2D eigenvalue weighted by Crippen LogP contribution is 2.42. The lowest BCUT2D eigenvalue weighted by Gasteiger charge is -2.34. The summed E-state index contributed by atoms with van der Waals surface area (Å²) in [6, 6.07) is 35.7. The second kappa shape index (κ2) is 10.5. The lowest BCUT2D eigenvalue weighted by atomic mass is 9.71. The van der Waals surface area contributed by atoms with Gasteiger partial charge in [0.25, 0.3) is 5.91 Å². The molecule has 0 saturated heterocycles. The molecule has 0 fully saturated rings. The molecule has 6 aromatic rings. The molecule has 0 unspecified atom stereocenters. The molecular weight excluding hydrogens is 492 g/mol. The summed E-state index contributed by atoms with van der Waals surface area (Å²) in [6.45, 7) is 4.80. The molecule has 1 aromatic heterocycles. The third kappa shape index (κ3) is 5.01. The lowest BCUT2D eigenvalue weighted by molar-refractivity contribution is 0.102. The maximum atomic E-state index is 12.1. The average molecular weight is 525 g/mol. The van der Waals surface area contributed by atoms with E-state index in [-0.39, 0.29) is 11.5 Å². The quantitative estimate of drug-likeness (QED) is 0.223. The first-order valence-corrected chi connectivity index (χ1v) is 13.8. The Morgan fingerprint density at radius 1 is 0.750 bits per heavy atom. The van der Waals surface area contributed by atoms with Crippen molar-refractivity contribution >= 4 is 44.0 Å². The number of hydrogen-bond donors (Lipinski definition) is 2. The van der Waals surface area contributed by atoms with Gasteiger partial charge in [0.05, 0.1) is 0 Å². The van der Waals surface area contributed by atoms with E-state index in [1.807, 2.05) is 36.4 Å². The molecular formula is C36H32N2O2. The van der Waals surface area contributed by atoms with Gasteiger partial charge in [0.1, 0.15) is 0 Å². The third-order valence-corrected chi connectivity index (χ3v) is 7.96. The third-order valence-electron chi connectivity index (χ3n) is 7.96. The number of aromatic nitrogens is 1. The van der Waals surface area contributed by atoms with Crippen LogP contribution in [0.5, 0.6) is 0 Å². The molecule has 1 aliphatic rings. The molecule has 7 rings (SSSR count). The van der Waals surface area contributed by atoms with E-state index in [1.54, 1.807) is 29.3 Å². The average Bonchev–Trinajstić information content (AvgIpc) is 2.97. The highest BCUT2D eigenvalue weighted by Gasteiger charge is 2.29. The first-order chi connectivity index (χ1) is 19.4. The largest absolute Gasteiger partial charge is 0.322 e. The molecule has 5 aromatic carbocycles. The summed E-state index contributed by atoms with van der Waals surface area (Å²) in [5.41, 5.74) is 5.16. The van der Waals surface area contributed by atoms with Gasteiger partial charge >= 0.3 is 0 Å². The van der Waals surface area contributed by atoms with Crippen molar-refractivity contribution in [2.45, 2.75) is 38.5 Å². The standard InChI is InChI=1S/C20H20.C16H12N2O2/c1-20(2)13-5-7-15-10-11-17-16-8-4-3-6-14(16)9-12-18(17)19(15)20;19-15-9-8-11-6-7-12(10-14(11)18-15)16(20)17-13-4-2-1-3-5-13/h3-4,6,8-12H,5,7,13H2,1-2H3;1-10H,(H,17,20)(H,18,19). The lowest BCUT2D eigenvalue weighted by Crippen LogP contribution is -2.24. The van der Waals surface area contributed by atoms with E-state index >= 15 is 0 Å². The Kier molecular flexibility index (Phi) is 6.69. The van der Waals surface area contributed by atoms with Gasteiger partial charge in [-0.2, -0.15) is 0 Å². The normalized spacial score (nSPS) is 13.8. The smallest absolute Gasteiger partial charge is 0.255 e. The van der Waals surface area contributed by atoms with Crippen molar-refractivity contribution in [3.05, 3.63) is 136 Å². The van der Waals surface area contributed by atoms with Crippen LogP contribution >= 0.6 is 0 Å². The van der Waals surface area contributed by atoms with Crippen molar-refractivity contribution in [1.29, 1.82) is 0 Å². The van der Waals surface area contributed by atoms with Crippen LogP contribution in [-0.2, 0) is 11.8 Å². The van der Waals surface area contributed by atoms with E-state index < -0.39 is 0 Å². The van der Waals surface area contributed by atoms with Gasteiger partial charge in [-0.05, 0) is 93.1 Å². The maximum Gasteiger partial charge on any atom is 0.255 e. The van der Waals surface area contributed by atoms with Gasteiger partial charge in [-0.1, -0.05) is 86.6 Å². The van der Waals surface area contributed by atoms with Crippen molar-refractivity contribution in [3.63, 3.8) is 0 Å². The Labute approximate surface area is 233 Å². The van der Waals surface area contributed by atoms with Gasteiger partial charge in [-0.25, -0.2) is 0 Å². The van der Waals surface area contributed by atoms with Gasteiger partial charge < -0.3 is 10.3 Å². The Morgan fingerprint density at radius 2 is 1.48 bits per heavy atom. The molecule has 4 heteroatoms. The van der Waals surface area contributed by atoms with Crippen LogP contribution in [-0.4, -0.2) is 10.9 Å². The first-order valence-electron chi connectivity index (χ1n) is 13.8. The van der Waals surface area contributed by atoms with E-state index in [9.17, 15) is 9.59 Å². The predicted molar refractivity (Wildman–Crippen MR) is 166 cm³/mol. The van der Waals surface area contributed by atoms with Crippen molar-refractivity contribution in [1.82, 2.24) is 4.98 Å². The number of hydrogen-bond acceptors (Lipinski definition) is 2. The number of para-hydroxylation sites is 1. The topological polar surface area (TPSA) is 62.0 Å². The molecule has 40 heavy (non-hydrogen) atoms. The van der Waals surface area contributed by atoms with Crippen LogP contribution in [0.2, 0.25) is 0 Å². The minimum atomic E-state index is -0.206. The minimum absolute atomic E-state index is 0.182. The highest BCUT2D eigenvalue weighted by molar-refractivity contribution is 6.09. The fourth-order valence-corrected chi connectivity index (χ4v) is 6.00. The number of fused-ring (bicyclic) bond motifs is 6. The molecule has 0 bridgehead atoms. The molecule has 0 radical (unpaired) electrons.